The minimum atomic E-state index is 0.683. The third-order valence-electron chi connectivity index (χ3n) is 2.22. The van der Waals surface area contributed by atoms with Crippen LogP contribution < -0.4 is 5.32 Å². The molecule has 0 atom stereocenters. The summed E-state index contributed by atoms with van der Waals surface area (Å²) >= 11 is 1.78. The molecule has 0 aromatic heterocycles. The molecule has 0 spiro atoms. The number of rotatable bonds is 5. The lowest BCUT2D eigenvalue weighted by atomic mass is 10.2. The molecular formula is C12H16N2OS. The Morgan fingerprint density at radius 1 is 1.31 bits per heavy atom. The molecule has 4 heteroatoms. The zero-order chi connectivity index (χ0) is 11.1. The van der Waals surface area contributed by atoms with Crippen molar-refractivity contribution in [2.24, 2.45) is 4.99 Å². The summed E-state index contributed by atoms with van der Waals surface area (Å²) in [6.07, 6.45) is 0. The van der Waals surface area contributed by atoms with Crippen LogP contribution in [-0.2, 0) is 11.3 Å². The summed E-state index contributed by atoms with van der Waals surface area (Å²) in [7, 11) is 0. The zero-order valence-electron chi connectivity index (χ0n) is 9.19. The largest absolute Gasteiger partial charge is 0.375 e. The maximum Gasteiger partial charge on any atom is 0.156 e. The Kier molecular flexibility index (Phi) is 4.70. The lowest BCUT2D eigenvalue weighted by Gasteiger charge is -2.06. The number of ether oxygens (including phenoxy) is 1. The van der Waals surface area contributed by atoms with E-state index >= 15 is 0 Å². The van der Waals surface area contributed by atoms with Crippen molar-refractivity contribution in [2.45, 2.75) is 6.61 Å². The van der Waals surface area contributed by atoms with Crippen LogP contribution in [0, 0.1) is 0 Å². The molecule has 1 aliphatic heterocycles. The van der Waals surface area contributed by atoms with E-state index in [0.29, 0.717) is 13.2 Å². The molecule has 86 valence electrons. The van der Waals surface area contributed by atoms with E-state index < -0.39 is 0 Å². The SMILES string of the molecule is c1ccc(COCCNC2=NCCS2)cc1. The van der Waals surface area contributed by atoms with E-state index in [1.165, 1.54) is 5.56 Å². The van der Waals surface area contributed by atoms with Crippen molar-refractivity contribution < 1.29 is 4.74 Å². The molecule has 0 saturated heterocycles. The maximum absolute atomic E-state index is 5.55. The van der Waals surface area contributed by atoms with Crippen LogP contribution in [0.5, 0.6) is 0 Å². The summed E-state index contributed by atoms with van der Waals surface area (Å²) in [5.74, 6) is 1.10. The third-order valence-corrected chi connectivity index (χ3v) is 3.15. The minimum Gasteiger partial charge on any atom is -0.375 e. The minimum absolute atomic E-state index is 0.683. The van der Waals surface area contributed by atoms with Crippen LogP contribution in [0.2, 0.25) is 0 Å². The molecule has 0 radical (unpaired) electrons. The van der Waals surface area contributed by atoms with Crippen LogP contribution in [0.15, 0.2) is 35.3 Å². The van der Waals surface area contributed by atoms with Crippen molar-refractivity contribution >= 4 is 16.9 Å². The summed E-state index contributed by atoms with van der Waals surface area (Å²) in [5.41, 5.74) is 1.22. The van der Waals surface area contributed by atoms with Gasteiger partial charge in [-0.05, 0) is 5.56 Å². The third kappa shape index (κ3) is 3.87. The van der Waals surface area contributed by atoms with Crippen LogP contribution in [0.3, 0.4) is 0 Å². The molecule has 1 aromatic rings. The average molecular weight is 236 g/mol. The fourth-order valence-corrected chi connectivity index (χ4v) is 2.20. The van der Waals surface area contributed by atoms with Gasteiger partial charge in [0.2, 0.25) is 0 Å². The molecule has 0 saturated carbocycles. The van der Waals surface area contributed by atoms with Crippen LogP contribution in [0.25, 0.3) is 0 Å². The molecule has 1 aromatic carbocycles. The van der Waals surface area contributed by atoms with E-state index in [1.807, 2.05) is 18.2 Å². The molecule has 0 aliphatic carbocycles. The van der Waals surface area contributed by atoms with E-state index in [4.69, 9.17) is 4.74 Å². The van der Waals surface area contributed by atoms with Gasteiger partial charge in [0, 0.05) is 12.3 Å². The van der Waals surface area contributed by atoms with Crippen molar-refractivity contribution in [3.8, 4) is 0 Å². The number of hydrogen-bond acceptors (Lipinski definition) is 4. The normalized spacial score (nSPS) is 14.9. The molecule has 1 aliphatic rings. The molecule has 1 N–H and O–H groups in total. The highest BCUT2D eigenvalue weighted by atomic mass is 32.2. The highest BCUT2D eigenvalue weighted by Crippen LogP contribution is 2.08. The fraction of sp³-hybridized carbons (Fsp3) is 0.417. The highest BCUT2D eigenvalue weighted by molar-refractivity contribution is 8.14. The van der Waals surface area contributed by atoms with Crippen molar-refractivity contribution in [1.82, 2.24) is 5.32 Å². The number of aliphatic imine (C=N–C) groups is 1. The summed E-state index contributed by atoms with van der Waals surface area (Å²) < 4.78 is 5.55. The second kappa shape index (κ2) is 6.55. The van der Waals surface area contributed by atoms with Gasteiger partial charge in [0.1, 0.15) is 0 Å². The Morgan fingerprint density at radius 2 is 2.19 bits per heavy atom. The molecule has 3 nitrogen and oxygen atoms in total. The van der Waals surface area contributed by atoms with Gasteiger partial charge in [0.15, 0.2) is 5.17 Å². The summed E-state index contributed by atoms with van der Waals surface area (Å²) in [4.78, 5) is 4.30. The molecule has 2 rings (SSSR count). The van der Waals surface area contributed by atoms with Gasteiger partial charge in [0.25, 0.3) is 0 Å². The van der Waals surface area contributed by atoms with Crippen molar-refractivity contribution in [3.05, 3.63) is 35.9 Å². The predicted octanol–water partition coefficient (Wildman–Crippen LogP) is 1.90. The molecule has 0 fully saturated rings. The molecule has 1 heterocycles. The van der Waals surface area contributed by atoms with E-state index in [0.717, 1.165) is 24.0 Å². The second-order valence-electron chi connectivity index (χ2n) is 3.50. The number of amidine groups is 1. The highest BCUT2D eigenvalue weighted by Gasteiger charge is 2.04. The Labute approximate surface area is 100 Å². The maximum atomic E-state index is 5.55. The van der Waals surface area contributed by atoms with Gasteiger partial charge < -0.3 is 10.1 Å². The average Bonchev–Trinajstić information content (AvgIpc) is 2.83. The summed E-state index contributed by atoms with van der Waals surface area (Å²) in [6.45, 7) is 3.17. The first kappa shape index (κ1) is 11.5. The Bertz CT molecular complexity index is 340. The van der Waals surface area contributed by atoms with Crippen molar-refractivity contribution in [3.63, 3.8) is 0 Å². The number of hydrogen-bond donors (Lipinski definition) is 1. The smallest absolute Gasteiger partial charge is 0.156 e. The van der Waals surface area contributed by atoms with E-state index in [1.54, 1.807) is 11.8 Å². The van der Waals surface area contributed by atoms with Gasteiger partial charge in [-0.2, -0.15) is 0 Å². The summed E-state index contributed by atoms with van der Waals surface area (Å²) in [6, 6.07) is 10.2. The molecule has 16 heavy (non-hydrogen) atoms. The number of nitrogens with one attached hydrogen (secondary N) is 1. The van der Waals surface area contributed by atoms with Crippen LogP contribution in [0.4, 0.5) is 0 Å². The van der Waals surface area contributed by atoms with E-state index in [9.17, 15) is 0 Å². The lowest BCUT2D eigenvalue weighted by molar-refractivity contribution is 0.125. The van der Waals surface area contributed by atoms with Crippen molar-refractivity contribution in [1.29, 1.82) is 0 Å². The quantitative estimate of drug-likeness (QED) is 0.793. The van der Waals surface area contributed by atoms with Gasteiger partial charge >= 0.3 is 0 Å². The molecule has 0 amide bonds. The van der Waals surface area contributed by atoms with E-state index in [2.05, 4.69) is 22.4 Å². The van der Waals surface area contributed by atoms with Gasteiger partial charge in [-0.1, -0.05) is 42.1 Å². The number of benzene rings is 1. The Hall–Kier alpha value is -1.00. The van der Waals surface area contributed by atoms with Gasteiger partial charge in [-0.3, -0.25) is 4.99 Å². The van der Waals surface area contributed by atoms with E-state index in [-0.39, 0.29) is 0 Å². The summed E-state index contributed by atoms with van der Waals surface area (Å²) in [5, 5.41) is 4.31. The van der Waals surface area contributed by atoms with Gasteiger partial charge in [-0.15, -0.1) is 0 Å². The first-order valence-corrected chi connectivity index (χ1v) is 6.46. The Morgan fingerprint density at radius 3 is 2.94 bits per heavy atom. The number of thioether (sulfide) groups is 1. The number of nitrogens with zero attached hydrogens (tertiary/aromatic N) is 1. The van der Waals surface area contributed by atoms with Crippen LogP contribution >= 0.6 is 11.8 Å². The standard InChI is InChI=1S/C12H16N2OS/c1-2-4-11(5-3-1)10-15-8-6-13-12-14-7-9-16-12/h1-5H,6-10H2,(H,13,14). The first-order valence-electron chi connectivity index (χ1n) is 5.48. The van der Waals surface area contributed by atoms with Gasteiger partial charge in [-0.25, -0.2) is 0 Å². The topological polar surface area (TPSA) is 33.6 Å². The Balaban J connectivity index is 1.55. The van der Waals surface area contributed by atoms with Crippen LogP contribution in [0.1, 0.15) is 5.56 Å². The predicted molar refractivity (Wildman–Crippen MR) is 68.9 cm³/mol. The second-order valence-corrected chi connectivity index (χ2v) is 4.58. The van der Waals surface area contributed by atoms with Gasteiger partial charge in [0.05, 0.1) is 19.8 Å². The monoisotopic (exact) mass is 236 g/mol. The molecule has 0 bridgehead atoms. The molecular weight excluding hydrogens is 220 g/mol. The van der Waals surface area contributed by atoms with Crippen molar-refractivity contribution in [2.75, 3.05) is 25.4 Å². The lowest BCUT2D eigenvalue weighted by Crippen LogP contribution is -2.23. The fourth-order valence-electron chi connectivity index (χ4n) is 1.44. The van der Waals surface area contributed by atoms with Crippen LogP contribution in [-0.4, -0.2) is 30.6 Å². The molecule has 0 unspecified atom stereocenters. The first-order chi connectivity index (χ1) is 7.95. The zero-order valence-corrected chi connectivity index (χ0v) is 10.0.